The van der Waals surface area contributed by atoms with Crippen LogP contribution in [0.5, 0.6) is 5.88 Å². The fraction of sp³-hybridized carbons (Fsp3) is 0.478. The summed E-state index contributed by atoms with van der Waals surface area (Å²) < 4.78 is 1.16. The van der Waals surface area contributed by atoms with Crippen LogP contribution in [0.1, 0.15) is 51.3 Å². The van der Waals surface area contributed by atoms with Gasteiger partial charge in [-0.2, -0.15) is 5.26 Å². The number of likely N-dealkylation sites (N-methyl/N-ethyl adjacent to an activating group) is 1. The summed E-state index contributed by atoms with van der Waals surface area (Å²) in [5.41, 5.74) is 2.51. The largest absolute Gasteiger partial charge is 0.494 e. The van der Waals surface area contributed by atoms with E-state index < -0.39 is 5.56 Å². The zero-order chi connectivity index (χ0) is 23.3. The van der Waals surface area contributed by atoms with Gasteiger partial charge in [-0.25, -0.2) is 0 Å². The van der Waals surface area contributed by atoms with Crippen LogP contribution in [-0.2, 0) is 11.3 Å². The number of aliphatic imine (C=N–C) groups is 1. The number of nitriles is 1. The predicted molar refractivity (Wildman–Crippen MR) is 122 cm³/mol. The van der Waals surface area contributed by atoms with Crippen LogP contribution in [-0.4, -0.2) is 52.4 Å². The normalized spacial score (nSPS) is 14.9. The SMILES string of the molecule is CCN(CC)CCNC(=O)C1=C(C)/C(=C/c2c(C)c(C#N)c(=O)n(CC)c2O)N=C1C. The molecule has 1 amide bonds. The molecule has 1 aliphatic heterocycles. The van der Waals surface area contributed by atoms with Crippen molar-refractivity contribution in [2.24, 2.45) is 4.99 Å². The second-order valence-corrected chi connectivity index (χ2v) is 7.41. The summed E-state index contributed by atoms with van der Waals surface area (Å²) in [5, 5.41) is 23.0. The van der Waals surface area contributed by atoms with Crippen molar-refractivity contribution in [3.8, 4) is 11.9 Å². The monoisotopic (exact) mass is 425 g/mol. The molecule has 0 aromatic carbocycles. The molecule has 2 heterocycles. The third kappa shape index (κ3) is 4.78. The Morgan fingerprint density at radius 2 is 1.90 bits per heavy atom. The molecule has 0 atom stereocenters. The van der Waals surface area contributed by atoms with Gasteiger partial charge in [-0.05, 0) is 58.0 Å². The fourth-order valence-electron chi connectivity index (χ4n) is 3.72. The van der Waals surface area contributed by atoms with E-state index in [1.807, 2.05) is 6.07 Å². The highest BCUT2D eigenvalue weighted by molar-refractivity contribution is 6.24. The molecule has 2 N–H and O–H groups in total. The van der Waals surface area contributed by atoms with Gasteiger partial charge in [0.15, 0.2) is 0 Å². The maximum Gasteiger partial charge on any atom is 0.271 e. The van der Waals surface area contributed by atoms with Gasteiger partial charge in [-0.3, -0.25) is 19.1 Å². The van der Waals surface area contributed by atoms with E-state index in [4.69, 9.17) is 0 Å². The number of pyridine rings is 1. The molecule has 0 unspecified atom stereocenters. The molecule has 0 fully saturated rings. The Hall–Kier alpha value is -3.18. The second kappa shape index (κ2) is 10.2. The van der Waals surface area contributed by atoms with Gasteiger partial charge >= 0.3 is 0 Å². The third-order valence-corrected chi connectivity index (χ3v) is 5.69. The summed E-state index contributed by atoms with van der Waals surface area (Å²) in [6.07, 6.45) is 1.63. The van der Waals surface area contributed by atoms with Crippen LogP contribution >= 0.6 is 0 Å². The number of allylic oxidation sites excluding steroid dienone is 1. The average molecular weight is 426 g/mol. The molecular formula is C23H31N5O3. The smallest absolute Gasteiger partial charge is 0.271 e. The van der Waals surface area contributed by atoms with Crippen molar-refractivity contribution >= 4 is 17.7 Å². The van der Waals surface area contributed by atoms with Gasteiger partial charge in [0, 0.05) is 25.2 Å². The van der Waals surface area contributed by atoms with Gasteiger partial charge in [0.05, 0.1) is 17.0 Å². The molecule has 31 heavy (non-hydrogen) atoms. The van der Waals surface area contributed by atoms with Crippen LogP contribution in [0.4, 0.5) is 0 Å². The van der Waals surface area contributed by atoms with Crippen molar-refractivity contribution in [2.45, 2.75) is 48.1 Å². The molecule has 0 saturated carbocycles. The first-order valence-corrected chi connectivity index (χ1v) is 10.6. The van der Waals surface area contributed by atoms with Gasteiger partial charge in [0.25, 0.3) is 11.5 Å². The zero-order valence-corrected chi connectivity index (χ0v) is 19.2. The van der Waals surface area contributed by atoms with Crippen molar-refractivity contribution in [3.63, 3.8) is 0 Å². The first kappa shape index (κ1) is 24.1. The van der Waals surface area contributed by atoms with Crippen molar-refractivity contribution in [3.05, 3.63) is 43.9 Å². The maximum atomic E-state index is 12.8. The van der Waals surface area contributed by atoms with E-state index in [2.05, 4.69) is 29.1 Å². The molecular weight excluding hydrogens is 394 g/mol. The summed E-state index contributed by atoms with van der Waals surface area (Å²) in [6, 6.07) is 1.93. The molecule has 166 valence electrons. The first-order chi connectivity index (χ1) is 14.7. The molecule has 1 aromatic rings. The van der Waals surface area contributed by atoms with Crippen LogP contribution in [0.2, 0.25) is 0 Å². The number of amides is 1. The highest BCUT2D eigenvalue weighted by Crippen LogP contribution is 2.31. The first-order valence-electron chi connectivity index (χ1n) is 10.6. The molecule has 1 aromatic heterocycles. The van der Waals surface area contributed by atoms with E-state index in [0.29, 0.717) is 40.2 Å². The highest BCUT2D eigenvalue weighted by atomic mass is 16.3. The topological polar surface area (TPSA) is 111 Å². The molecule has 0 bridgehead atoms. The lowest BCUT2D eigenvalue weighted by Crippen LogP contribution is -2.36. The third-order valence-electron chi connectivity index (χ3n) is 5.69. The van der Waals surface area contributed by atoms with Crippen LogP contribution in [0.15, 0.2) is 26.6 Å². The van der Waals surface area contributed by atoms with Gasteiger partial charge in [-0.1, -0.05) is 13.8 Å². The van der Waals surface area contributed by atoms with Crippen LogP contribution in [0.25, 0.3) is 6.08 Å². The van der Waals surface area contributed by atoms with Crippen molar-refractivity contribution in [1.82, 2.24) is 14.8 Å². The van der Waals surface area contributed by atoms with Crippen molar-refractivity contribution < 1.29 is 9.90 Å². The Balaban J connectivity index is 2.42. The summed E-state index contributed by atoms with van der Waals surface area (Å²) in [4.78, 5) is 31.9. The minimum atomic E-state index is -0.520. The van der Waals surface area contributed by atoms with E-state index >= 15 is 0 Å². The predicted octanol–water partition coefficient (Wildman–Crippen LogP) is 2.34. The number of aromatic nitrogens is 1. The summed E-state index contributed by atoms with van der Waals surface area (Å²) >= 11 is 0. The molecule has 0 aliphatic carbocycles. The molecule has 1 aliphatic rings. The number of aromatic hydroxyl groups is 1. The minimum Gasteiger partial charge on any atom is -0.494 e. The fourth-order valence-corrected chi connectivity index (χ4v) is 3.72. The molecule has 8 heteroatoms. The second-order valence-electron chi connectivity index (χ2n) is 7.41. The Kier molecular flexibility index (Phi) is 7.95. The lowest BCUT2D eigenvalue weighted by atomic mass is 10.0. The summed E-state index contributed by atoms with van der Waals surface area (Å²) in [5.74, 6) is -0.402. The number of nitrogens with one attached hydrogen (secondary N) is 1. The quantitative estimate of drug-likeness (QED) is 0.664. The van der Waals surface area contributed by atoms with E-state index in [9.17, 15) is 20.0 Å². The van der Waals surface area contributed by atoms with Gasteiger partial charge < -0.3 is 15.3 Å². The average Bonchev–Trinajstić information content (AvgIpc) is 3.02. The Morgan fingerprint density at radius 3 is 2.45 bits per heavy atom. The van der Waals surface area contributed by atoms with Crippen LogP contribution in [0, 0.1) is 18.3 Å². The van der Waals surface area contributed by atoms with E-state index in [0.717, 1.165) is 24.2 Å². The lowest BCUT2D eigenvalue weighted by Gasteiger charge is -2.18. The molecule has 0 spiro atoms. The molecule has 0 saturated heterocycles. The molecule has 8 nitrogen and oxygen atoms in total. The number of hydrogen-bond donors (Lipinski definition) is 2. The van der Waals surface area contributed by atoms with Crippen molar-refractivity contribution in [1.29, 1.82) is 5.26 Å². The van der Waals surface area contributed by atoms with E-state index in [1.54, 1.807) is 33.8 Å². The number of hydrogen-bond acceptors (Lipinski definition) is 6. The number of carbonyl (C=O) groups excluding carboxylic acids is 1. The van der Waals surface area contributed by atoms with Crippen LogP contribution in [0.3, 0.4) is 0 Å². The molecule has 0 radical (unpaired) electrons. The van der Waals surface area contributed by atoms with E-state index in [1.165, 1.54) is 0 Å². The summed E-state index contributed by atoms with van der Waals surface area (Å²) in [7, 11) is 0. The van der Waals surface area contributed by atoms with Gasteiger partial charge in [0.1, 0.15) is 11.6 Å². The highest BCUT2D eigenvalue weighted by Gasteiger charge is 2.25. The van der Waals surface area contributed by atoms with Crippen molar-refractivity contribution in [2.75, 3.05) is 26.2 Å². The number of nitrogens with zero attached hydrogens (tertiary/aromatic N) is 4. The summed E-state index contributed by atoms with van der Waals surface area (Å²) in [6.45, 7) is 14.5. The zero-order valence-electron chi connectivity index (χ0n) is 19.2. The number of carbonyl (C=O) groups is 1. The Labute approximate surface area is 183 Å². The molecule has 2 rings (SSSR count). The Morgan fingerprint density at radius 1 is 1.26 bits per heavy atom. The number of rotatable bonds is 8. The van der Waals surface area contributed by atoms with Gasteiger partial charge in [0.2, 0.25) is 5.88 Å². The minimum absolute atomic E-state index is 0.0128. The van der Waals surface area contributed by atoms with Gasteiger partial charge in [-0.15, -0.1) is 0 Å². The Bertz CT molecular complexity index is 1070. The van der Waals surface area contributed by atoms with Crippen LogP contribution < -0.4 is 10.9 Å². The van der Waals surface area contributed by atoms with E-state index in [-0.39, 0.29) is 23.9 Å². The standard InChI is InChI=1S/C23H31N5O3/c1-7-27(8-2)11-10-25-21(29)20-15(5)19(26-16(20)6)12-17-14(4)18(13-24)23(31)28(9-3)22(17)30/h12,30H,7-11H2,1-6H3,(H,25,29)/b19-12-. The lowest BCUT2D eigenvalue weighted by molar-refractivity contribution is -0.117. The maximum absolute atomic E-state index is 12.8.